The van der Waals surface area contributed by atoms with Gasteiger partial charge < -0.3 is 4.90 Å². The third-order valence-corrected chi connectivity index (χ3v) is 3.96. The Hall–Kier alpha value is -1.19. The average molecular weight is 252 g/mol. The van der Waals surface area contributed by atoms with Gasteiger partial charge in [0.1, 0.15) is 5.82 Å². The molecule has 98 valence electrons. The van der Waals surface area contributed by atoms with Gasteiger partial charge in [0.05, 0.1) is 0 Å². The Morgan fingerprint density at radius 1 is 1.06 bits per heavy atom. The number of hydrogen-bond donors (Lipinski definition) is 0. The molecular formula is C14H18F2N2. The van der Waals surface area contributed by atoms with E-state index in [1.165, 1.54) is 17.7 Å². The Kier molecular flexibility index (Phi) is 2.96. The van der Waals surface area contributed by atoms with Gasteiger partial charge in [-0.25, -0.2) is 13.8 Å². The van der Waals surface area contributed by atoms with Crippen LogP contribution in [-0.2, 0) is 12.8 Å². The summed E-state index contributed by atoms with van der Waals surface area (Å²) in [6.07, 6.45) is 3.82. The van der Waals surface area contributed by atoms with Crippen molar-refractivity contribution in [2.45, 2.75) is 44.4 Å². The average Bonchev–Trinajstić information content (AvgIpc) is 2.72. The quantitative estimate of drug-likeness (QED) is 0.763. The minimum absolute atomic E-state index is 0.00837. The lowest BCUT2D eigenvalue weighted by molar-refractivity contribution is -0.0102. The third-order valence-electron chi connectivity index (χ3n) is 3.96. The first-order valence-electron chi connectivity index (χ1n) is 6.76. The molecular weight excluding hydrogens is 234 g/mol. The zero-order valence-electron chi connectivity index (χ0n) is 10.5. The summed E-state index contributed by atoms with van der Waals surface area (Å²) >= 11 is 0. The first-order valence-corrected chi connectivity index (χ1v) is 6.76. The Bertz CT molecular complexity index is 445. The molecule has 0 bridgehead atoms. The second-order valence-electron chi connectivity index (χ2n) is 5.33. The van der Waals surface area contributed by atoms with E-state index in [0.29, 0.717) is 19.5 Å². The molecule has 1 fully saturated rings. The SMILES string of the molecule is FC1(F)CCCN(c2ccc3c(n2)CCC3)CC1. The number of halogens is 2. The van der Waals surface area contributed by atoms with Gasteiger partial charge in [0.15, 0.2) is 0 Å². The van der Waals surface area contributed by atoms with Gasteiger partial charge in [0.25, 0.3) is 0 Å². The molecule has 2 aliphatic rings. The lowest BCUT2D eigenvalue weighted by atomic mass is 10.1. The Labute approximate surface area is 106 Å². The van der Waals surface area contributed by atoms with Crippen LogP contribution in [-0.4, -0.2) is 24.0 Å². The summed E-state index contributed by atoms with van der Waals surface area (Å²) in [4.78, 5) is 6.66. The summed E-state index contributed by atoms with van der Waals surface area (Å²) in [5.41, 5.74) is 2.50. The van der Waals surface area contributed by atoms with E-state index in [4.69, 9.17) is 0 Å². The van der Waals surface area contributed by atoms with Crippen LogP contribution in [0.3, 0.4) is 0 Å². The monoisotopic (exact) mass is 252 g/mol. The van der Waals surface area contributed by atoms with Crippen LogP contribution in [0.15, 0.2) is 12.1 Å². The fourth-order valence-corrected chi connectivity index (χ4v) is 2.88. The van der Waals surface area contributed by atoms with Crippen LogP contribution in [0.1, 0.15) is 36.9 Å². The van der Waals surface area contributed by atoms with E-state index < -0.39 is 5.92 Å². The van der Waals surface area contributed by atoms with Gasteiger partial charge in [0, 0.05) is 31.6 Å². The smallest absolute Gasteiger partial charge is 0.249 e. The third kappa shape index (κ3) is 2.33. The van der Waals surface area contributed by atoms with Crippen molar-refractivity contribution in [2.24, 2.45) is 0 Å². The summed E-state index contributed by atoms with van der Waals surface area (Å²) < 4.78 is 26.7. The van der Waals surface area contributed by atoms with Gasteiger partial charge in [-0.2, -0.15) is 0 Å². The largest absolute Gasteiger partial charge is 0.356 e. The van der Waals surface area contributed by atoms with Crippen LogP contribution < -0.4 is 4.90 Å². The highest BCUT2D eigenvalue weighted by Crippen LogP contribution is 2.30. The van der Waals surface area contributed by atoms with E-state index in [1.54, 1.807) is 0 Å². The number of fused-ring (bicyclic) bond motifs is 1. The molecule has 0 saturated carbocycles. The van der Waals surface area contributed by atoms with Gasteiger partial charge in [-0.3, -0.25) is 0 Å². The molecule has 18 heavy (non-hydrogen) atoms. The van der Waals surface area contributed by atoms with Crippen LogP contribution >= 0.6 is 0 Å². The van der Waals surface area contributed by atoms with Crippen LogP contribution in [0.25, 0.3) is 0 Å². The number of hydrogen-bond acceptors (Lipinski definition) is 2. The predicted octanol–water partition coefficient (Wildman–Crippen LogP) is 3.20. The van der Waals surface area contributed by atoms with E-state index in [0.717, 1.165) is 18.7 Å². The molecule has 0 amide bonds. The minimum atomic E-state index is -2.49. The van der Waals surface area contributed by atoms with E-state index in [-0.39, 0.29) is 12.8 Å². The molecule has 2 heterocycles. The Morgan fingerprint density at radius 3 is 2.83 bits per heavy atom. The number of aryl methyl sites for hydroxylation is 2. The maximum absolute atomic E-state index is 13.3. The van der Waals surface area contributed by atoms with E-state index in [9.17, 15) is 8.78 Å². The summed E-state index contributed by atoms with van der Waals surface area (Å²) in [6.45, 7) is 1.11. The molecule has 1 aromatic heterocycles. The van der Waals surface area contributed by atoms with Crippen molar-refractivity contribution in [1.29, 1.82) is 0 Å². The Balaban J connectivity index is 1.78. The van der Waals surface area contributed by atoms with Gasteiger partial charge in [-0.1, -0.05) is 6.07 Å². The molecule has 0 radical (unpaired) electrons. The van der Waals surface area contributed by atoms with Crippen molar-refractivity contribution in [3.05, 3.63) is 23.4 Å². The maximum Gasteiger partial charge on any atom is 0.249 e. The topological polar surface area (TPSA) is 16.1 Å². The lowest BCUT2D eigenvalue weighted by Gasteiger charge is -2.22. The second-order valence-corrected chi connectivity index (χ2v) is 5.33. The standard InChI is InChI=1S/C14H18F2N2/c15-14(16)7-2-9-18(10-8-14)13-6-5-11-3-1-4-12(11)17-13/h5-6H,1-4,7-10H2. The number of aromatic nitrogens is 1. The number of alkyl halides is 2. The first kappa shape index (κ1) is 11.9. The van der Waals surface area contributed by atoms with Gasteiger partial charge >= 0.3 is 0 Å². The summed E-state index contributed by atoms with van der Waals surface area (Å²) in [5, 5.41) is 0. The van der Waals surface area contributed by atoms with Gasteiger partial charge in [-0.05, 0) is 37.3 Å². The predicted molar refractivity (Wildman–Crippen MR) is 67.3 cm³/mol. The maximum atomic E-state index is 13.3. The van der Waals surface area contributed by atoms with Crippen molar-refractivity contribution in [3.63, 3.8) is 0 Å². The molecule has 0 aromatic carbocycles. The lowest BCUT2D eigenvalue weighted by Crippen LogP contribution is -2.26. The van der Waals surface area contributed by atoms with Crippen LogP contribution in [0.2, 0.25) is 0 Å². The first-order chi connectivity index (χ1) is 8.64. The molecule has 1 aliphatic carbocycles. The fourth-order valence-electron chi connectivity index (χ4n) is 2.88. The minimum Gasteiger partial charge on any atom is -0.356 e. The van der Waals surface area contributed by atoms with Crippen molar-refractivity contribution >= 4 is 5.82 Å². The van der Waals surface area contributed by atoms with Crippen molar-refractivity contribution in [1.82, 2.24) is 4.98 Å². The highest BCUT2D eigenvalue weighted by Gasteiger charge is 2.32. The van der Waals surface area contributed by atoms with Gasteiger partial charge in [0.2, 0.25) is 5.92 Å². The van der Waals surface area contributed by atoms with Gasteiger partial charge in [-0.15, -0.1) is 0 Å². The molecule has 4 heteroatoms. The number of pyridine rings is 1. The number of nitrogens with zero attached hydrogens (tertiary/aromatic N) is 2. The van der Waals surface area contributed by atoms with E-state index >= 15 is 0 Å². The normalized spacial score (nSPS) is 22.7. The molecule has 1 aliphatic heterocycles. The molecule has 0 spiro atoms. The molecule has 1 aromatic rings. The van der Waals surface area contributed by atoms with Crippen LogP contribution in [0, 0.1) is 0 Å². The number of anilines is 1. The molecule has 0 unspecified atom stereocenters. The van der Waals surface area contributed by atoms with Crippen molar-refractivity contribution in [3.8, 4) is 0 Å². The molecule has 1 saturated heterocycles. The molecule has 0 atom stereocenters. The van der Waals surface area contributed by atoms with Crippen molar-refractivity contribution in [2.75, 3.05) is 18.0 Å². The molecule has 3 rings (SSSR count). The zero-order valence-corrected chi connectivity index (χ0v) is 10.5. The fraction of sp³-hybridized carbons (Fsp3) is 0.643. The zero-order chi connectivity index (χ0) is 12.6. The van der Waals surface area contributed by atoms with E-state index in [2.05, 4.69) is 11.1 Å². The molecule has 0 N–H and O–H groups in total. The van der Waals surface area contributed by atoms with E-state index in [1.807, 2.05) is 11.0 Å². The highest BCUT2D eigenvalue weighted by atomic mass is 19.3. The number of rotatable bonds is 1. The highest BCUT2D eigenvalue weighted by molar-refractivity contribution is 5.43. The summed E-state index contributed by atoms with van der Waals surface area (Å²) in [7, 11) is 0. The molecule has 2 nitrogen and oxygen atoms in total. The summed E-state index contributed by atoms with van der Waals surface area (Å²) in [5.74, 6) is -1.61. The second kappa shape index (κ2) is 4.48. The van der Waals surface area contributed by atoms with Crippen LogP contribution in [0.4, 0.5) is 14.6 Å². The van der Waals surface area contributed by atoms with Crippen LogP contribution in [0.5, 0.6) is 0 Å². The Morgan fingerprint density at radius 2 is 1.94 bits per heavy atom. The summed E-state index contributed by atoms with van der Waals surface area (Å²) in [6, 6.07) is 4.11. The van der Waals surface area contributed by atoms with Crippen molar-refractivity contribution < 1.29 is 8.78 Å².